The van der Waals surface area contributed by atoms with Crippen molar-refractivity contribution >= 4 is 5.97 Å². The van der Waals surface area contributed by atoms with E-state index in [-0.39, 0.29) is 5.69 Å². The molecule has 0 amide bonds. The van der Waals surface area contributed by atoms with Gasteiger partial charge in [-0.1, -0.05) is 36.4 Å². The molecule has 0 saturated carbocycles. The SMILES string of the molecule is O=C(O)c1cccc(-n2c(-c3ccccc3)cc3c2CCCC3)n1. The maximum atomic E-state index is 11.3. The zero-order valence-corrected chi connectivity index (χ0v) is 13.3. The number of carboxylic acid groups (broad SMARTS) is 1. The van der Waals surface area contributed by atoms with Gasteiger partial charge in [0, 0.05) is 5.69 Å². The minimum atomic E-state index is -1.00. The number of nitrogens with zero attached hydrogens (tertiary/aromatic N) is 2. The standard InChI is InChI=1S/C20H18N2O2/c23-20(24)16-10-6-12-19(21-16)22-17-11-5-4-9-15(17)13-18(22)14-7-2-1-3-8-14/h1-3,6-8,10,12-13H,4-5,9,11H2,(H,23,24). The van der Waals surface area contributed by atoms with Crippen LogP contribution in [0.4, 0.5) is 0 Å². The molecule has 0 bridgehead atoms. The minimum absolute atomic E-state index is 0.0739. The lowest BCUT2D eigenvalue weighted by molar-refractivity contribution is 0.0690. The number of fused-ring (bicyclic) bond motifs is 1. The summed E-state index contributed by atoms with van der Waals surface area (Å²) in [6.07, 6.45) is 4.43. The number of aromatic nitrogens is 2. The van der Waals surface area contributed by atoms with Gasteiger partial charge in [-0.05, 0) is 55.0 Å². The van der Waals surface area contributed by atoms with Crippen LogP contribution < -0.4 is 0 Å². The zero-order chi connectivity index (χ0) is 16.5. The molecule has 0 aliphatic heterocycles. The summed E-state index contributed by atoms with van der Waals surface area (Å²) in [4.78, 5) is 15.7. The van der Waals surface area contributed by atoms with Gasteiger partial charge in [0.2, 0.25) is 0 Å². The molecule has 2 heterocycles. The molecule has 0 atom stereocenters. The van der Waals surface area contributed by atoms with Crippen LogP contribution in [0.1, 0.15) is 34.6 Å². The Morgan fingerprint density at radius 1 is 1.00 bits per heavy atom. The van der Waals surface area contributed by atoms with Gasteiger partial charge in [0.05, 0.1) is 5.69 Å². The summed E-state index contributed by atoms with van der Waals surface area (Å²) in [6.45, 7) is 0. The van der Waals surface area contributed by atoms with Gasteiger partial charge >= 0.3 is 5.97 Å². The highest BCUT2D eigenvalue weighted by Gasteiger charge is 2.21. The van der Waals surface area contributed by atoms with Crippen molar-refractivity contribution in [1.29, 1.82) is 0 Å². The Morgan fingerprint density at radius 3 is 2.58 bits per heavy atom. The van der Waals surface area contributed by atoms with Crippen LogP contribution in [0.5, 0.6) is 0 Å². The van der Waals surface area contributed by atoms with Crippen LogP contribution in [0.15, 0.2) is 54.6 Å². The Kier molecular flexibility index (Phi) is 3.65. The lowest BCUT2D eigenvalue weighted by Gasteiger charge is -2.17. The molecule has 120 valence electrons. The Morgan fingerprint density at radius 2 is 1.79 bits per heavy atom. The van der Waals surface area contributed by atoms with Gasteiger partial charge in [0.25, 0.3) is 0 Å². The number of rotatable bonds is 3. The zero-order valence-electron chi connectivity index (χ0n) is 13.3. The fourth-order valence-corrected chi connectivity index (χ4v) is 3.45. The second-order valence-corrected chi connectivity index (χ2v) is 6.10. The molecule has 4 nitrogen and oxygen atoms in total. The number of hydrogen-bond acceptors (Lipinski definition) is 2. The lowest BCUT2D eigenvalue weighted by Crippen LogP contribution is -2.11. The second kappa shape index (κ2) is 5.96. The van der Waals surface area contributed by atoms with Crippen molar-refractivity contribution in [2.24, 2.45) is 0 Å². The number of carboxylic acids is 1. The summed E-state index contributed by atoms with van der Waals surface area (Å²) in [7, 11) is 0. The molecule has 0 spiro atoms. The summed E-state index contributed by atoms with van der Waals surface area (Å²) in [6, 6.07) is 17.6. The Hall–Kier alpha value is -2.88. The van der Waals surface area contributed by atoms with E-state index >= 15 is 0 Å². The summed E-state index contributed by atoms with van der Waals surface area (Å²) in [5.41, 5.74) is 4.88. The molecular weight excluding hydrogens is 300 g/mol. The first-order valence-corrected chi connectivity index (χ1v) is 8.23. The van der Waals surface area contributed by atoms with Crippen LogP contribution in [-0.4, -0.2) is 20.6 Å². The third-order valence-electron chi connectivity index (χ3n) is 4.55. The third kappa shape index (κ3) is 2.50. The van der Waals surface area contributed by atoms with Gasteiger partial charge in [-0.3, -0.25) is 4.57 Å². The maximum absolute atomic E-state index is 11.3. The van der Waals surface area contributed by atoms with E-state index < -0.39 is 5.97 Å². The van der Waals surface area contributed by atoms with Crippen LogP contribution in [0.3, 0.4) is 0 Å². The predicted octanol–water partition coefficient (Wildman–Crippen LogP) is 4.12. The molecule has 3 aromatic rings. The highest BCUT2D eigenvalue weighted by molar-refractivity contribution is 5.85. The highest BCUT2D eigenvalue weighted by atomic mass is 16.4. The van der Waals surface area contributed by atoms with E-state index in [0.29, 0.717) is 5.82 Å². The fraction of sp³-hybridized carbons (Fsp3) is 0.200. The van der Waals surface area contributed by atoms with Crippen LogP contribution in [0.2, 0.25) is 0 Å². The van der Waals surface area contributed by atoms with Crippen molar-refractivity contribution in [2.45, 2.75) is 25.7 Å². The largest absolute Gasteiger partial charge is 0.477 e. The molecule has 1 aromatic carbocycles. The van der Waals surface area contributed by atoms with Gasteiger partial charge in [-0.15, -0.1) is 0 Å². The topological polar surface area (TPSA) is 55.1 Å². The van der Waals surface area contributed by atoms with Gasteiger partial charge in [0.15, 0.2) is 5.69 Å². The molecule has 0 unspecified atom stereocenters. The normalized spacial score (nSPS) is 13.5. The van der Waals surface area contributed by atoms with E-state index in [4.69, 9.17) is 0 Å². The van der Waals surface area contributed by atoms with Crippen molar-refractivity contribution in [3.05, 3.63) is 71.5 Å². The fourth-order valence-electron chi connectivity index (χ4n) is 3.45. The Bertz CT molecular complexity index is 897. The van der Waals surface area contributed by atoms with Crippen molar-refractivity contribution in [3.8, 4) is 17.1 Å². The summed E-state index contributed by atoms with van der Waals surface area (Å²) in [5, 5.41) is 9.26. The molecule has 4 rings (SSSR count). The molecule has 1 N–H and O–H groups in total. The smallest absolute Gasteiger partial charge is 0.354 e. The quantitative estimate of drug-likeness (QED) is 0.790. The van der Waals surface area contributed by atoms with Crippen molar-refractivity contribution in [3.63, 3.8) is 0 Å². The molecule has 4 heteroatoms. The molecule has 0 fully saturated rings. The average molecular weight is 318 g/mol. The van der Waals surface area contributed by atoms with Gasteiger partial charge in [-0.25, -0.2) is 9.78 Å². The number of aryl methyl sites for hydroxylation is 1. The van der Waals surface area contributed by atoms with Crippen LogP contribution in [-0.2, 0) is 12.8 Å². The monoisotopic (exact) mass is 318 g/mol. The summed E-state index contributed by atoms with van der Waals surface area (Å²) >= 11 is 0. The molecule has 0 saturated heterocycles. The summed E-state index contributed by atoms with van der Waals surface area (Å²) < 4.78 is 2.14. The molecule has 1 aliphatic carbocycles. The van der Waals surface area contributed by atoms with Gasteiger partial charge < -0.3 is 5.11 Å². The molecule has 24 heavy (non-hydrogen) atoms. The predicted molar refractivity (Wildman–Crippen MR) is 92.6 cm³/mol. The van der Waals surface area contributed by atoms with E-state index in [1.54, 1.807) is 6.07 Å². The van der Waals surface area contributed by atoms with E-state index in [0.717, 1.165) is 30.5 Å². The maximum Gasteiger partial charge on any atom is 0.354 e. The number of carbonyl (C=O) groups is 1. The van der Waals surface area contributed by atoms with Crippen molar-refractivity contribution in [2.75, 3.05) is 0 Å². The molecule has 1 aliphatic rings. The van der Waals surface area contributed by atoms with E-state index in [2.05, 4.69) is 27.8 Å². The lowest BCUT2D eigenvalue weighted by atomic mass is 9.98. The summed E-state index contributed by atoms with van der Waals surface area (Å²) in [5.74, 6) is -0.323. The number of aromatic carboxylic acids is 1. The van der Waals surface area contributed by atoms with Crippen LogP contribution >= 0.6 is 0 Å². The number of pyridine rings is 1. The van der Waals surface area contributed by atoms with Crippen molar-refractivity contribution in [1.82, 2.24) is 9.55 Å². The number of hydrogen-bond donors (Lipinski definition) is 1. The highest BCUT2D eigenvalue weighted by Crippen LogP contribution is 2.33. The Balaban J connectivity index is 1.95. The minimum Gasteiger partial charge on any atom is -0.477 e. The third-order valence-corrected chi connectivity index (χ3v) is 4.55. The van der Waals surface area contributed by atoms with Gasteiger partial charge in [0.1, 0.15) is 5.82 Å². The van der Waals surface area contributed by atoms with E-state index in [1.165, 1.54) is 23.7 Å². The first-order chi connectivity index (χ1) is 11.7. The van der Waals surface area contributed by atoms with E-state index in [9.17, 15) is 9.90 Å². The molecule has 2 aromatic heterocycles. The Labute approximate surface area is 140 Å². The van der Waals surface area contributed by atoms with Gasteiger partial charge in [-0.2, -0.15) is 0 Å². The number of benzene rings is 1. The van der Waals surface area contributed by atoms with Crippen LogP contribution in [0.25, 0.3) is 17.1 Å². The second-order valence-electron chi connectivity index (χ2n) is 6.10. The molecule has 0 radical (unpaired) electrons. The van der Waals surface area contributed by atoms with E-state index in [1.807, 2.05) is 24.3 Å². The van der Waals surface area contributed by atoms with Crippen LogP contribution in [0, 0.1) is 0 Å². The average Bonchev–Trinajstić information content (AvgIpc) is 3.02. The first-order valence-electron chi connectivity index (χ1n) is 8.23. The first kappa shape index (κ1) is 14.7. The molecular formula is C20H18N2O2. The van der Waals surface area contributed by atoms with Crippen molar-refractivity contribution < 1.29 is 9.90 Å².